The number of piperazine rings is 1. The van der Waals surface area contributed by atoms with Gasteiger partial charge in [-0.3, -0.25) is 9.80 Å². The lowest BCUT2D eigenvalue weighted by Gasteiger charge is -2.36. The van der Waals surface area contributed by atoms with E-state index >= 15 is 0 Å². The van der Waals surface area contributed by atoms with Crippen molar-refractivity contribution in [3.63, 3.8) is 0 Å². The summed E-state index contributed by atoms with van der Waals surface area (Å²) in [5.74, 6) is 1.06. The molecule has 1 aromatic carbocycles. The van der Waals surface area contributed by atoms with Gasteiger partial charge in [0, 0.05) is 50.9 Å². The lowest BCUT2D eigenvalue weighted by atomic mass is 9.91. The lowest BCUT2D eigenvalue weighted by Crippen LogP contribution is -2.44. The zero-order chi connectivity index (χ0) is 16.4. The van der Waals surface area contributed by atoms with E-state index in [1.54, 1.807) is 7.11 Å². The molecule has 2 heterocycles. The summed E-state index contributed by atoms with van der Waals surface area (Å²) in [6.45, 7) is 12.5. The Bertz CT molecular complexity index is 538. The third-order valence-electron chi connectivity index (χ3n) is 5.60. The number of fused-ring (bicyclic) bond motifs is 1. The van der Waals surface area contributed by atoms with Crippen molar-refractivity contribution >= 4 is 0 Å². The molecule has 3 rings (SSSR count). The van der Waals surface area contributed by atoms with Crippen molar-refractivity contribution in [2.45, 2.75) is 32.9 Å². The van der Waals surface area contributed by atoms with Crippen LogP contribution in [0.25, 0.3) is 0 Å². The van der Waals surface area contributed by atoms with E-state index in [4.69, 9.17) is 4.74 Å². The predicted octanol–water partition coefficient (Wildman–Crippen LogP) is 2.38. The summed E-state index contributed by atoms with van der Waals surface area (Å²) >= 11 is 0. The Labute approximate surface area is 141 Å². The first-order chi connectivity index (χ1) is 11.1. The zero-order valence-electron chi connectivity index (χ0n) is 15.1. The minimum Gasteiger partial charge on any atom is -0.496 e. The number of ether oxygens (including phenoxy) is 1. The van der Waals surface area contributed by atoms with Gasteiger partial charge < -0.3 is 9.64 Å². The van der Waals surface area contributed by atoms with Crippen LogP contribution in [0.4, 0.5) is 0 Å². The fourth-order valence-electron chi connectivity index (χ4n) is 3.94. The highest BCUT2D eigenvalue weighted by atomic mass is 16.5. The molecule has 0 spiro atoms. The van der Waals surface area contributed by atoms with Crippen LogP contribution in [0.15, 0.2) is 12.1 Å². The topological polar surface area (TPSA) is 19.0 Å². The van der Waals surface area contributed by atoms with Crippen LogP contribution in [0, 0.1) is 0 Å². The highest BCUT2D eigenvalue weighted by Crippen LogP contribution is 2.34. The fourth-order valence-corrected chi connectivity index (χ4v) is 3.94. The smallest absolute Gasteiger partial charge is 0.123 e. The molecule has 1 atom stereocenters. The van der Waals surface area contributed by atoms with E-state index in [1.165, 1.54) is 23.2 Å². The predicted molar refractivity (Wildman–Crippen MR) is 95.1 cm³/mol. The monoisotopic (exact) mass is 317 g/mol. The second-order valence-corrected chi connectivity index (χ2v) is 7.00. The van der Waals surface area contributed by atoms with Gasteiger partial charge in [0.25, 0.3) is 0 Å². The maximum atomic E-state index is 5.74. The zero-order valence-corrected chi connectivity index (χ0v) is 15.1. The Morgan fingerprint density at radius 3 is 2.52 bits per heavy atom. The van der Waals surface area contributed by atoms with Crippen molar-refractivity contribution in [1.82, 2.24) is 14.7 Å². The molecular weight excluding hydrogens is 286 g/mol. The molecule has 0 radical (unpaired) electrons. The number of methoxy groups -OCH3 is 1. The highest BCUT2D eigenvalue weighted by molar-refractivity contribution is 5.45. The summed E-state index contributed by atoms with van der Waals surface area (Å²) in [6, 6.07) is 5.21. The van der Waals surface area contributed by atoms with Gasteiger partial charge in [0.1, 0.15) is 5.75 Å². The van der Waals surface area contributed by atoms with Gasteiger partial charge in [0.05, 0.1) is 7.11 Å². The average Bonchev–Trinajstić information content (AvgIpc) is 2.57. The van der Waals surface area contributed by atoms with E-state index in [1.807, 2.05) is 0 Å². The summed E-state index contributed by atoms with van der Waals surface area (Å²) in [5.41, 5.74) is 4.33. The maximum Gasteiger partial charge on any atom is 0.123 e. The molecule has 1 fully saturated rings. The molecule has 2 aliphatic rings. The van der Waals surface area contributed by atoms with Crippen LogP contribution in [0.3, 0.4) is 0 Å². The number of hydrogen-bond acceptors (Lipinski definition) is 4. The van der Waals surface area contributed by atoms with Crippen LogP contribution in [-0.2, 0) is 13.0 Å². The minimum atomic E-state index is 0.496. The average molecular weight is 317 g/mol. The van der Waals surface area contributed by atoms with Gasteiger partial charge in [-0.15, -0.1) is 0 Å². The molecule has 1 saturated heterocycles. The molecule has 4 heteroatoms. The summed E-state index contributed by atoms with van der Waals surface area (Å²) in [4.78, 5) is 7.50. The van der Waals surface area contributed by atoms with E-state index in [2.05, 4.69) is 47.7 Å². The maximum absolute atomic E-state index is 5.74. The molecule has 0 amide bonds. The molecule has 0 saturated carbocycles. The Morgan fingerprint density at radius 1 is 1.13 bits per heavy atom. The highest BCUT2D eigenvalue weighted by Gasteiger charge is 2.25. The summed E-state index contributed by atoms with van der Waals surface area (Å²) < 4.78 is 5.74. The number of hydrogen-bond donors (Lipinski definition) is 0. The van der Waals surface area contributed by atoms with Crippen molar-refractivity contribution in [1.29, 1.82) is 0 Å². The molecule has 0 bridgehead atoms. The Morgan fingerprint density at radius 2 is 1.87 bits per heavy atom. The number of benzene rings is 1. The molecule has 1 unspecified atom stereocenters. The molecule has 0 aromatic heterocycles. The SMILES string of the molecule is CCN1CCc2cc(CN3CCN(C)CC3)c(OC)cc2C1C. The Hall–Kier alpha value is -1.10. The van der Waals surface area contributed by atoms with Gasteiger partial charge in [-0.2, -0.15) is 0 Å². The van der Waals surface area contributed by atoms with E-state index in [9.17, 15) is 0 Å². The van der Waals surface area contributed by atoms with Crippen molar-refractivity contribution in [3.05, 3.63) is 28.8 Å². The van der Waals surface area contributed by atoms with Gasteiger partial charge in [-0.05, 0) is 44.1 Å². The normalized spacial score (nSPS) is 23.7. The summed E-state index contributed by atoms with van der Waals surface area (Å²) in [7, 11) is 4.01. The number of rotatable bonds is 4. The summed E-state index contributed by atoms with van der Waals surface area (Å²) in [5, 5.41) is 0. The molecule has 23 heavy (non-hydrogen) atoms. The molecular formula is C19H31N3O. The van der Waals surface area contributed by atoms with Crippen molar-refractivity contribution < 1.29 is 4.74 Å². The molecule has 128 valence electrons. The van der Waals surface area contributed by atoms with Gasteiger partial charge >= 0.3 is 0 Å². The number of nitrogens with zero attached hydrogens (tertiary/aromatic N) is 3. The van der Waals surface area contributed by atoms with Crippen LogP contribution in [0.1, 0.15) is 36.6 Å². The van der Waals surface area contributed by atoms with Gasteiger partial charge in [-0.25, -0.2) is 0 Å². The van der Waals surface area contributed by atoms with Gasteiger partial charge in [-0.1, -0.05) is 13.0 Å². The van der Waals surface area contributed by atoms with E-state index < -0.39 is 0 Å². The fraction of sp³-hybridized carbons (Fsp3) is 0.684. The first kappa shape index (κ1) is 16.7. The molecule has 2 aliphatic heterocycles. The second-order valence-electron chi connectivity index (χ2n) is 7.00. The Kier molecular flexibility index (Phi) is 5.24. The lowest BCUT2D eigenvalue weighted by molar-refractivity contribution is 0.147. The first-order valence-corrected chi connectivity index (χ1v) is 8.97. The van der Waals surface area contributed by atoms with Crippen LogP contribution in [0.5, 0.6) is 5.75 Å². The third-order valence-corrected chi connectivity index (χ3v) is 5.60. The minimum absolute atomic E-state index is 0.496. The van der Waals surface area contributed by atoms with Crippen molar-refractivity contribution in [2.75, 3.05) is 53.4 Å². The number of likely N-dealkylation sites (N-methyl/N-ethyl adjacent to an activating group) is 2. The summed E-state index contributed by atoms with van der Waals surface area (Å²) in [6.07, 6.45) is 1.16. The Balaban J connectivity index is 1.81. The van der Waals surface area contributed by atoms with Crippen LogP contribution >= 0.6 is 0 Å². The second kappa shape index (κ2) is 7.20. The van der Waals surface area contributed by atoms with Crippen LogP contribution in [-0.4, -0.2) is 68.1 Å². The van der Waals surface area contributed by atoms with E-state index in [0.717, 1.165) is 51.4 Å². The van der Waals surface area contributed by atoms with Crippen molar-refractivity contribution in [3.8, 4) is 5.75 Å². The quantitative estimate of drug-likeness (QED) is 0.849. The van der Waals surface area contributed by atoms with Crippen LogP contribution < -0.4 is 4.74 Å². The van der Waals surface area contributed by atoms with Gasteiger partial charge in [0.2, 0.25) is 0 Å². The third kappa shape index (κ3) is 3.54. The molecule has 1 aromatic rings. The molecule has 4 nitrogen and oxygen atoms in total. The standard InChI is InChI=1S/C19H31N3O/c1-5-22-7-6-16-12-17(14-21-10-8-20(3)9-11-21)19(23-4)13-18(16)15(22)2/h12-13,15H,5-11,14H2,1-4H3. The molecule has 0 N–H and O–H groups in total. The van der Waals surface area contributed by atoms with Crippen molar-refractivity contribution in [2.24, 2.45) is 0 Å². The van der Waals surface area contributed by atoms with E-state index in [-0.39, 0.29) is 0 Å². The van der Waals surface area contributed by atoms with Crippen LogP contribution in [0.2, 0.25) is 0 Å². The molecule has 0 aliphatic carbocycles. The first-order valence-electron chi connectivity index (χ1n) is 8.97. The van der Waals surface area contributed by atoms with E-state index in [0.29, 0.717) is 6.04 Å². The largest absolute Gasteiger partial charge is 0.496 e. The van der Waals surface area contributed by atoms with Gasteiger partial charge in [0.15, 0.2) is 0 Å².